The average molecular weight is 203 g/mol. The van der Waals surface area contributed by atoms with Gasteiger partial charge in [-0.2, -0.15) is 0 Å². The van der Waals surface area contributed by atoms with Crippen molar-refractivity contribution in [2.24, 2.45) is 0 Å². The van der Waals surface area contributed by atoms with Crippen LogP contribution in [0.2, 0.25) is 0 Å². The van der Waals surface area contributed by atoms with Gasteiger partial charge in [0, 0.05) is 0 Å². The predicted molar refractivity (Wildman–Crippen MR) is 64.7 cm³/mol. The molecule has 0 aliphatic carbocycles. The Kier molecular flexibility index (Phi) is 18.0. The maximum atomic E-state index is 8.36. The normalized spacial score (nSPS) is 11.8. The largest absolute Gasteiger partial charge is 0.393 e. The number of unbranched alkanes of at least 4 members (excludes halogenated alkanes) is 2. The lowest BCUT2D eigenvalue weighted by atomic mass is 10.3. The second-order valence-electron chi connectivity index (χ2n) is 3.71. The van der Waals surface area contributed by atoms with Crippen LogP contribution in [0.25, 0.3) is 0 Å². The van der Waals surface area contributed by atoms with Gasteiger partial charge in [-0.25, -0.2) is 0 Å². The smallest absolute Gasteiger partial charge is 0.0509 e. The van der Waals surface area contributed by atoms with Gasteiger partial charge in [0.05, 0.1) is 6.10 Å². The summed E-state index contributed by atoms with van der Waals surface area (Å²) in [5, 5.41) is 11.7. The van der Waals surface area contributed by atoms with E-state index in [0.29, 0.717) is 0 Å². The van der Waals surface area contributed by atoms with Crippen molar-refractivity contribution in [2.75, 3.05) is 13.1 Å². The molecule has 0 aliphatic heterocycles. The Labute approximate surface area is 90.1 Å². The molecule has 14 heavy (non-hydrogen) atoms. The fourth-order valence-electron chi connectivity index (χ4n) is 0.729. The van der Waals surface area contributed by atoms with Crippen molar-refractivity contribution in [3.63, 3.8) is 0 Å². The van der Waals surface area contributed by atoms with E-state index in [1.807, 2.05) is 6.92 Å². The summed E-state index contributed by atoms with van der Waals surface area (Å²) < 4.78 is 0. The molecule has 1 atom stereocenters. The molecule has 2 nitrogen and oxygen atoms in total. The Morgan fingerprint density at radius 3 is 1.57 bits per heavy atom. The van der Waals surface area contributed by atoms with Crippen molar-refractivity contribution in [1.29, 1.82) is 0 Å². The minimum absolute atomic E-state index is 0.116. The van der Waals surface area contributed by atoms with Gasteiger partial charge < -0.3 is 10.4 Å². The zero-order chi connectivity index (χ0) is 11.2. The highest BCUT2D eigenvalue weighted by Crippen LogP contribution is 1.85. The molecule has 2 N–H and O–H groups in total. The van der Waals surface area contributed by atoms with Crippen LogP contribution in [0.15, 0.2) is 0 Å². The van der Waals surface area contributed by atoms with Gasteiger partial charge in [-0.15, -0.1) is 0 Å². The Morgan fingerprint density at radius 1 is 1.00 bits per heavy atom. The van der Waals surface area contributed by atoms with Gasteiger partial charge in [-0.3, -0.25) is 0 Å². The predicted octanol–water partition coefficient (Wildman–Crippen LogP) is 2.95. The van der Waals surface area contributed by atoms with Crippen LogP contribution in [0.1, 0.15) is 59.8 Å². The summed E-state index contributed by atoms with van der Waals surface area (Å²) in [6.45, 7) is 10.6. The van der Waals surface area contributed by atoms with E-state index < -0.39 is 0 Å². The number of hydrogen-bond donors (Lipinski definition) is 2. The molecule has 0 saturated heterocycles. The molecule has 0 rings (SSSR count). The minimum Gasteiger partial charge on any atom is -0.393 e. The van der Waals surface area contributed by atoms with Crippen LogP contribution >= 0.6 is 0 Å². The standard InChI is InChI=1S/C8H19N.C4H10O/c1-3-5-7-9-8-6-4-2;1-3-4(2)5/h9H,3-8H2,1-2H3;4-5H,3H2,1-2H3. The zero-order valence-corrected chi connectivity index (χ0v) is 10.5. The van der Waals surface area contributed by atoms with Gasteiger partial charge in [-0.05, 0) is 39.3 Å². The number of nitrogens with one attached hydrogen (secondary N) is 1. The Hall–Kier alpha value is -0.0800. The van der Waals surface area contributed by atoms with E-state index >= 15 is 0 Å². The van der Waals surface area contributed by atoms with Gasteiger partial charge in [0.2, 0.25) is 0 Å². The minimum atomic E-state index is -0.116. The molecule has 0 spiro atoms. The number of hydrogen-bond acceptors (Lipinski definition) is 2. The molecule has 1 unspecified atom stereocenters. The monoisotopic (exact) mass is 203 g/mol. The first-order chi connectivity index (χ1) is 6.68. The van der Waals surface area contributed by atoms with Crippen LogP contribution in [0.3, 0.4) is 0 Å². The van der Waals surface area contributed by atoms with Crippen molar-refractivity contribution in [3.8, 4) is 0 Å². The second-order valence-corrected chi connectivity index (χ2v) is 3.71. The van der Waals surface area contributed by atoms with E-state index in [9.17, 15) is 0 Å². The van der Waals surface area contributed by atoms with E-state index in [-0.39, 0.29) is 6.10 Å². The van der Waals surface area contributed by atoms with Gasteiger partial charge >= 0.3 is 0 Å². The average Bonchev–Trinajstić information content (AvgIpc) is 2.19. The molecule has 0 aliphatic rings. The van der Waals surface area contributed by atoms with Crippen LogP contribution in [0.4, 0.5) is 0 Å². The first-order valence-electron chi connectivity index (χ1n) is 6.07. The maximum Gasteiger partial charge on any atom is 0.0509 e. The fraction of sp³-hybridized carbons (Fsp3) is 1.00. The Morgan fingerprint density at radius 2 is 1.36 bits per heavy atom. The third kappa shape index (κ3) is 22.7. The van der Waals surface area contributed by atoms with Crippen molar-refractivity contribution in [3.05, 3.63) is 0 Å². The van der Waals surface area contributed by atoms with E-state index in [4.69, 9.17) is 5.11 Å². The molecule has 0 heterocycles. The van der Waals surface area contributed by atoms with Crippen molar-refractivity contribution >= 4 is 0 Å². The van der Waals surface area contributed by atoms with E-state index in [2.05, 4.69) is 19.2 Å². The third-order valence-electron chi connectivity index (χ3n) is 2.01. The van der Waals surface area contributed by atoms with Crippen LogP contribution in [-0.4, -0.2) is 24.3 Å². The van der Waals surface area contributed by atoms with Crippen LogP contribution in [0.5, 0.6) is 0 Å². The lowest BCUT2D eigenvalue weighted by Gasteiger charge is -1.99. The van der Waals surface area contributed by atoms with E-state index in [0.717, 1.165) is 6.42 Å². The summed E-state index contributed by atoms with van der Waals surface area (Å²) in [6, 6.07) is 0. The van der Waals surface area contributed by atoms with Crippen molar-refractivity contribution in [1.82, 2.24) is 5.32 Å². The maximum absolute atomic E-state index is 8.36. The van der Waals surface area contributed by atoms with Gasteiger partial charge in [-0.1, -0.05) is 33.6 Å². The summed E-state index contributed by atoms with van der Waals surface area (Å²) in [5.41, 5.74) is 0. The third-order valence-corrected chi connectivity index (χ3v) is 2.01. The first-order valence-corrected chi connectivity index (χ1v) is 6.07. The van der Waals surface area contributed by atoms with Gasteiger partial charge in [0.1, 0.15) is 0 Å². The quantitative estimate of drug-likeness (QED) is 0.624. The van der Waals surface area contributed by atoms with E-state index in [1.165, 1.54) is 38.8 Å². The molecule has 0 amide bonds. The highest BCUT2D eigenvalue weighted by molar-refractivity contribution is 4.45. The number of rotatable bonds is 7. The zero-order valence-electron chi connectivity index (χ0n) is 10.5. The summed E-state index contributed by atoms with van der Waals surface area (Å²) in [4.78, 5) is 0. The molecule has 0 fully saturated rings. The lowest BCUT2D eigenvalue weighted by Crippen LogP contribution is -2.15. The van der Waals surface area contributed by atoms with Crippen LogP contribution in [-0.2, 0) is 0 Å². The molecule has 0 bridgehead atoms. The van der Waals surface area contributed by atoms with E-state index in [1.54, 1.807) is 6.92 Å². The molecular formula is C12H29NO. The summed E-state index contributed by atoms with van der Waals surface area (Å²) in [6.07, 6.45) is 6.00. The Balaban J connectivity index is 0. The topological polar surface area (TPSA) is 32.3 Å². The molecule has 0 aromatic rings. The van der Waals surface area contributed by atoms with Crippen molar-refractivity contribution < 1.29 is 5.11 Å². The summed E-state index contributed by atoms with van der Waals surface area (Å²) in [5.74, 6) is 0. The SMILES string of the molecule is CCC(C)O.CCCCNCCCC. The Bertz CT molecular complexity index is 78.4. The number of aliphatic hydroxyl groups excluding tert-OH is 1. The van der Waals surface area contributed by atoms with Crippen LogP contribution < -0.4 is 5.32 Å². The molecule has 0 saturated carbocycles. The second kappa shape index (κ2) is 15.4. The highest BCUT2D eigenvalue weighted by atomic mass is 16.3. The van der Waals surface area contributed by atoms with Gasteiger partial charge in [0.25, 0.3) is 0 Å². The summed E-state index contributed by atoms with van der Waals surface area (Å²) >= 11 is 0. The summed E-state index contributed by atoms with van der Waals surface area (Å²) in [7, 11) is 0. The van der Waals surface area contributed by atoms with Gasteiger partial charge in [0.15, 0.2) is 0 Å². The molecule has 0 radical (unpaired) electrons. The highest BCUT2D eigenvalue weighted by Gasteiger charge is 1.83. The first kappa shape index (κ1) is 16.4. The van der Waals surface area contributed by atoms with Crippen LogP contribution in [0, 0.1) is 0 Å². The molecule has 0 aromatic heterocycles. The molecular weight excluding hydrogens is 174 g/mol. The molecule has 0 aromatic carbocycles. The lowest BCUT2D eigenvalue weighted by molar-refractivity contribution is 0.191. The van der Waals surface area contributed by atoms with Crippen molar-refractivity contribution in [2.45, 2.75) is 65.9 Å². The fourth-order valence-corrected chi connectivity index (χ4v) is 0.729. The molecule has 88 valence electrons. The number of aliphatic hydroxyl groups is 1. The molecule has 2 heteroatoms.